The van der Waals surface area contributed by atoms with Gasteiger partial charge in [0.05, 0.1) is 32.3 Å². The first kappa shape index (κ1) is 34.1. The molecule has 1 aromatic heterocycles. The van der Waals surface area contributed by atoms with Gasteiger partial charge in [-0.1, -0.05) is 6.92 Å². The molecule has 0 radical (unpaired) electrons. The van der Waals surface area contributed by atoms with Crippen LogP contribution in [0.3, 0.4) is 0 Å². The molecule has 45 heavy (non-hydrogen) atoms. The van der Waals surface area contributed by atoms with Crippen molar-refractivity contribution in [3.8, 4) is 5.75 Å². The molecular weight excluding hydrogens is 587 g/mol. The topological polar surface area (TPSA) is 84.1 Å². The van der Waals surface area contributed by atoms with Gasteiger partial charge in [-0.25, -0.2) is 13.6 Å². The van der Waals surface area contributed by atoms with Crippen LogP contribution in [0.2, 0.25) is 0 Å². The van der Waals surface area contributed by atoms with Crippen molar-refractivity contribution in [1.82, 2.24) is 14.8 Å². The first-order chi connectivity index (χ1) is 21.2. The molecule has 3 aromatic rings. The summed E-state index contributed by atoms with van der Waals surface area (Å²) in [5.41, 5.74) is 2.57. The number of carbonyl (C=O) groups is 2. The predicted octanol–water partition coefficient (Wildman–Crippen LogP) is 6.88. The number of fused-ring (bicyclic) bond motifs is 3. The quantitative estimate of drug-likeness (QED) is 0.233. The maximum absolute atomic E-state index is 16.0. The van der Waals surface area contributed by atoms with Gasteiger partial charge in [0.1, 0.15) is 29.6 Å². The van der Waals surface area contributed by atoms with E-state index < -0.39 is 36.1 Å². The molecule has 2 aromatic carbocycles. The number of aromatic amines is 1. The largest absolute Gasteiger partial charge is 0.491 e. The molecule has 2 heterocycles. The number of aromatic nitrogens is 1. The van der Waals surface area contributed by atoms with Crippen molar-refractivity contribution in [1.29, 1.82) is 0 Å². The van der Waals surface area contributed by atoms with Crippen LogP contribution in [-0.4, -0.2) is 78.5 Å². The first-order valence-electron chi connectivity index (χ1n) is 15.3. The van der Waals surface area contributed by atoms with E-state index in [-0.39, 0.29) is 43.9 Å². The van der Waals surface area contributed by atoms with Gasteiger partial charge in [0.25, 0.3) is 0 Å². The zero-order valence-corrected chi connectivity index (χ0v) is 27.1. The van der Waals surface area contributed by atoms with Crippen molar-refractivity contribution >= 4 is 23.0 Å². The lowest BCUT2D eigenvalue weighted by molar-refractivity contribution is -0.145. The Kier molecular flexibility index (Phi) is 10.7. The van der Waals surface area contributed by atoms with E-state index in [9.17, 15) is 18.4 Å². The Morgan fingerprint density at radius 1 is 1.16 bits per heavy atom. The summed E-state index contributed by atoms with van der Waals surface area (Å²) in [5, 5.41) is 0.739. The lowest BCUT2D eigenvalue weighted by Gasteiger charge is -2.42. The fourth-order valence-corrected chi connectivity index (χ4v) is 6.02. The van der Waals surface area contributed by atoms with Crippen molar-refractivity contribution in [2.75, 3.05) is 40.0 Å². The molecule has 1 aliphatic rings. The van der Waals surface area contributed by atoms with E-state index >= 15 is 4.39 Å². The van der Waals surface area contributed by atoms with Gasteiger partial charge in [-0.2, -0.15) is 0 Å². The summed E-state index contributed by atoms with van der Waals surface area (Å²) in [6, 6.07) is 6.67. The molecule has 11 heteroatoms. The second-order valence-electron chi connectivity index (χ2n) is 12.7. The highest BCUT2D eigenvalue weighted by Crippen LogP contribution is 2.44. The third kappa shape index (κ3) is 7.74. The van der Waals surface area contributed by atoms with E-state index in [1.165, 1.54) is 30.2 Å². The van der Waals surface area contributed by atoms with Gasteiger partial charge in [-0.3, -0.25) is 14.1 Å². The van der Waals surface area contributed by atoms with Crippen molar-refractivity contribution in [3.63, 3.8) is 0 Å². The molecule has 4 rings (SSSR count). The van der Waals surface area contributed by atoms with Crippen LogP contribution in [0, 0.1) is 24.5 Å². The average molecular weight is 632 g/mol. The maximum atomic E-state index is 16.0. The van der Waals surface area contributed by atoms with Crippen LogP contribution in [0.1, 0.15) is 69.5 Å². The highest BCUT2D eigenvalue weighted by Gasteiger charge is 2.39. The summed E-state index contributed by atoms with van der Waals surface area (Å²) in [6.07, 6.45) is 0.167. The van der Waals surface area contributed by atoms with Crippen molar-refractivity contribution in [2.24, 2.45) is 5.92 Å². The number of H-pyrrole nitrogens is 1. The molecule has 0 saturated carbocycles. The number of ether oxygens (including phenoxy) is 3. The third-order valence-corrected chi connectivity index (χ3v) is 8.18. The molecule has 1 N–H and O–H groups in total. The van der Waals surface area contributed by atoms with Crippen LogP contribution in [0.25, 0.3) is 10.9 Å². The fraction of sp³-hybridized carbons (Fsp3) is 0.529. The number of nitrogens with zero attached hydrogens (tertiary/aromatic N) is 2. The summed E-state index contributed by atoms with van der Waals surface area (Å²) in [5.74, 6) is -1.26. The van der Waals surface area contributed by atoms with Gasteiger partial charge in [0.2, 0.25) is 0 Å². The standard InChI is InChI=1S/C34H44F3N3O5/c1-20(32(41)43-7)19-40-21(2)17-25-24-18-23(36)9-11-27(24)38-30(25)31(40)29-22(3)28(12-10-26(29)37)44-16-15-39(14-8-13-35)33(42)45-34(4,5)6/h9-12,18,20-21,31,38H,8,13-17,19H2,1-7H3/t20-,21+,31+/m0/s1. The van der Waals surface area contributed by atoms with Crippen LogP contribution in [-0.2, 0) is 20.7 Å². The average Bonchev–Trinajstić information content (AvgIpc) is 3.32. The second-order valence-corrected chi connectivity index (χ2v) is 12.7. The normalized spacial score (nSPS) is 17.6. The van der Waals surface area contributed by atoms with Gasteiger partial charge >= 0.3 is 12.1 Å². The van der Waals surface area contributed by atoms with E-state index in [0.29, 0.717) is 29.8 Å². The molecule has 0 fully saturated rings. The van der Waals surface area contributed by atoms with E-state index in [0.717, 1.165) is 22.2 Å². The molecular formula is C34H44F3N3O5. The fourth-order valence-electron chi connectivity index (χ4n) is 6.02. The number of esters is 1. The minimum atomic E-state index is -0.712. The summed E-state index contributed by atoms with van der Waals surface area (Å²) < 4.78 is 59.9. The van der Waals surface area contributed by atoms with Crippen LogP contribution in [0.15, 0.2) is 30.3 Å². The molecule has 0 bridgehead atoms. The van der Waals surface area contributed by atoms with Gasteiger partial charge in [-0.15, -0.1) is 0 Å². The minimum Gasteiger partial charge on any atom is -0.491 e. The predicted molar refractivity (Wildman–Crippen MR) is 166 cm³/mol. The Morgan fingerprint density at radius 3 is 2.56 bits per heavy atom. The molecule has 246 valence electrons. The number of rotatable bonds is 11. The summed E-state index contributed by atoms with van der Waals surface area (Å²) in [4.78, 5) is 32.1. The summed E-state index contributed by atoms with van der Waals surface area (Å²) in [6.45, 7) is 10.9. The molecule has 0 unspecified atom stereocenters. The number of halogens is 3. The Morgan fingerprint density at radius 2 is 1.89 bits per heavy atom. The van der Waals surface area contributed by atoms with Crippen molar-refractivity contribution < 1.29 is 37.0 Å². The zero-order valence-electron chi connectivity index (χ0n) is 27.1. The monoisotopic (exact) mass is 631 g/mol. The lowest BCUT2D eigenvalue weighted by Crippen LogP contribution is -2.46. The van der Waals surface area contributed by atoms with E-state index in [1.807, 2.05) is 6.92 Å². The first-order valence-corrected chi connectivity index (χ1v) is 15.3. The number of hydrogen-bond donors (Lipinski definition) is 1. The van der Waals surface area contributed by atoms with E-state index in [4.69, 9.17) is 14.2 Å². The van der Waals surface area contributed by atoms with Gasteiger partial charge in [-0.05, 0) is 88.9 Å². The molecule has 1 aliphatic heterocycles. The number of benzene rings is 2. The van der Waals surface area contributed by atoms with Crippen LogP contribution in [0.4, 0.5) is 18.0 Å². The molecule has 1 amide bonds. The lowest BCUT2D eigenvalue weighted by atomic mass is 9.85. The molecule has 0 saturated heterocycles. The van der Waals surface area contributed by atoms with Gasteiger partial charge < -0.3 is 24.1 Å². The Hall–Kier alpha value is -3.73. The minimum absolute atomic E-state index is 0.0680. The van der Waals surface area contributed by atoms with Gasteiger partial charge in [0.15, 0.2) is 0 Å². The number of nitrogens with one attached hydrogen (secondary N) is 1. The number of carbonyl (C=O) groups excluding carboxylic acids is 2. The highest BCUT2D eigenvalue weighted by molar-refractivity contribution is 5.85. The Labute approximate surface area is 262 Å². The second kappa shape index (κ2) is 14.1. The van der Waals surface area contributed by atoms with Gasteiger partial charge in [0, 0.05) is 41.3 Å². The van der Waals surface area contributed by atoms with E-state index in [1.54, 1.807) is 46.8 Å². The number of methoxy groups -OCH3 is 1. The SMILES string of the molecule is COC(=O)[C@@H](C)CN1[C@H](c2c(F)ccc(OCCN(CCCF)C(=O)OC(C)(C)C)c2C)c2[nH]c3ccc(F)cc3c2C[C@H]1C. The van der Waals surface area contributed by atoms with Crippen molar-refractivity contribution in [3.05, 3.63) is 64.4 Å². The maximum Gasteiger partial charge on any atom is 0.410 e. The molecule has 0 aliphatic carbocycles. The Balaban J connectivity index is 1.71. The van der Waals surface area contributed by atoms with Crippen LogP contribution >= 0.6 is 0 Å². The number of amides is 1. The zero-order chi connectivity index (χ0) is 33.1. The third-order valence-electron chi connectivity index (χ3n) is 8.18. The molecule has 0 spiro atoms. The molecule has 8 nitrogen and oxygen atoms in total. The number of alkyl halides is 1. The van der Waals surface area contributed by atoms with Crippen LogP contribution in [0.5, 0.6) is 5.75 Å². The number of hydrogen-bond acceptors (Lipinski definition) is 6. The summed E-state index contributed by atoms with van der Waals surface area (Å²) in [7, 11) is 1.34. The smallest absolute Gasteiger partial charge is 0.410 e. The van der Waals surface area contributed by atoms with E-state index in [2.05, 4.69) is 9.88 Å². The molecule has 3 atom stereocenters. The highest BCUT2D eigenvalue weighted by atomic mass is 19.1. The summed E-state index contributed by atoms with van der Waals surface area (Å²) >= 11 is 0. The van der Waals surface area contributed by atoms with Crippen LogP contribution < -0.4 is 4.74 Å². The van der Waals surface area contributed by atoms with Crippen molar-refractivity contribution in [2.45, 2.75) is 72.1 Å². The Bertz CT molecular complexity index is 1520.